The van der Waals surface area contributed by atoms with Crippen LogP contribution in [-0.4, -0.2) is 33.9 Å². The molecule has 26 heavy (non-hydrogen) atoms. The summed E-state index contributed by atoms with van der Waals surface area (Å²) < 4.78 is 7.70. The van der Waals surface area contributed by atoms with Crippen LogP contribution in [0.4, 0.5) is 5.69 Å². The number of anilines is 1. The van der Waals surface area contributed by atoms with Crippen molar-refractivity contribution in [1.82, 2.24) is 19.8 Å². The molecule has 5 aromatic rings. The van der Waals surface area contributed by atoms with Crippen LogP contribution in [0.3, 0.4) is 0 Å². The van der Waals surface area contributed by atoms with Crippen molar-refractivity contribution in [3.8, 4) is 22.2 Å². The fourth-order valence-corrected chi connectivity index (χ4v) is 3.68. The van der Waals surface area contributed by atoms with Crippen molar-refractivity contribution in [2.24, 2.45) is 0 Å². The molecule has 0 unspecified atom stereocenters. The third-order valence-electron chi connectivity index (χ3n) is 4.27. The van der Waals surface area contributed by atoms with Gasteiger partial charge >= 0.3 is 0 Å². The highest BCUT2D eigenvalue weighted by Crippen LogP contribution is 2.32. The van der Waals surface area contributed by atoms with E-state index in [1.807, 2.05) is 56.6 Å². The van der Waals surface area contributed by atoms with Crippen molar-refractivity contribution in [3.05, 3.63) is 54.6 Å². The summed E-state index contributed by atoms with van der Waals surface area (Å²) in [4.78, 5) is 2.80. The Morgan fingerprint density at radius 3 is 2.58 bits per heavy atom. The van der Waals surface area contributed by atoms with E-state index in [9.17, 15) is 0 Å². The van der Waals surface area contributed by atoms with E-state index in [2.05, 4.69) is 32.3 Å². The first-order chi connectivity index (χ1) is 12.7. The zero-order valence-electron chi connectivity index (χ0n) is 14.2. The molecule has 0 saturated heterocycles. The number of fused-ring (bicyclic) bond motifs is 2. The van der Waals surface area contributed by atoms with E-state index in [1.165, 1.54) is 11.3 Å². The van der Waals surface area contributed by atoms with Crippen molar-refractivity contribution in [3.63, 3.8) is 0 Å². The lowest BCUT2D eigenvalue weighted by molar-refractivity contribution is 0.629. The number of hydrogen-bond donors (Lipinski definition) is 0. The zero-order chi connectivity index (χ0) is 17.7. The molecule has 6 nitrogen and oxygen atoms in total. The van der Waals surface area contributed by atoms with Crippen molar-refractivity contribution in [2.75, 3.05) is 19.0 Å². The quantitative estimate of drug-likeness (QED) is 0.479. The van der Waals surface area contributed by atoms with Gasteiger partial charge < -0.3 is 9.32 Å². The van der Waals surface area contributed by atoms with Crippen LogP contribution in [0.15, 0.2) is 59.0 Å². The molecule has 3 aromatic heterocycles. The van der Waals surface area contributed by atoms with E-state index in [1.54, 1.807) is 4.52 Å². The van der Waals surface area contributed by atoms with Gasteiger partial charge in [0.05, 0.1) is 0 Å². The van der Waals surface area contributed by atoms with E-state index < -0.39 is 0 Å². The van der Waals surface area contributed by atoms with Crippen LogP contribution < -0.4 is 4.90 Å². The maximum absolute atomic E-state index is 5.92. The minimum Gasteiger partial charge on any atom is -0.453 e. The van der Waals surface area contributed by atoms with Gasteiger partial charge in [0.1, 0.15) is 5.58 Å². The molecule has 0 fully saturated rings. The molecule has 3 heterocycles. The number of furan rings is 1. The second-order valence-electron chi connectivity index (χ2n) is 6.21. The summed E-state index contributed by atoms with van der Waals surface area (Å²) in [5.74, 6) is 1.47. The Balaban J connectivity index is 1.58. The Morgan fingerprint density at radius 1 is 1.00 bits per heavy atom. The Kier molecular flexibility index (Phi) is 3.29. The van der Waals surface area contributed by atoms with Crippen molar-refractivity contribution in [1.29, 1.82) is 0 Å². The molecule has 0 amide bonds. The number of para-hydroxylation sites is 1. The fraction of sp³-hybridized carbons (Fsp3) is 0.105. The average molecular weight is 361 g/mol. The van der Waals surface area contributed by atoms with Crippen LogP contribution in [0.25, 0.3) is 38.1 Å². The van der Waals surface area contributed by atoms with Crippen LogP contribution in [-0.2, 0) is 0 Å². The second-order valence-corrected chi connectivity index (χ2v) is 7.17. The standard InChI is InChI=1S/C19H15N5OS/c1-23(2)14-9-7-12(8-10-14)17-20-21-19-24(17)22-18(26-19)16-11-13-5-3-4-6-15(13)25-16/h3-11H,1-2H3. The predicted octanol–water partition coefficient (Wildman–Crippen LogP) is 4.33. The Morgan fingerprint density at radius 2 is 1.81 bits per heavy atom. The fourth-order valence-electron chi connectivity index (χ4n) is 2.89. The lowest BCUT2D eigenvalue weighted by Crippen LogP contribution is -2.08. The van der Waals surface area contributed by atoms with Gasteiger partial charge in [0, 0.05) is 30.7 Å². The number of nitrogens with zero attached hydrogens (tertiary/aromatic N) is 5. The highest BCUT2D eigenvalue weighted by atomic mass is 32.1. The number of aromatic nitrogens is 4. The Labute approximate surface area is 153 Å². The molecule has 0 radical (unpaired) electrons. The molecule has 0 aliphatic heterocycles. The first kappa shape index (κ1) is 15.1. The summed E-state index contributed by atoms with van der Waals surface area (Å²) in [6, 6.07) is 18.1. The number of benzene rings is 2. The van der Waals surface area contributed by atoms with Crippen molar-refractivity contribution < 1.29 is 4.42 Å². The van der Waals surface area contributed by atoms with Gasteiger partial charge in [-0.25, -0.2) is 0 Å². The lowest BCUT2D eigenvalue weighted by atomic mass is 10.2. The van der Waals surface area contributed by atoms with E-state index in [0.717, 1.165) is 43.8 Å². The molecule has 0 spiro atoms. The van der Waals surface area contributed by atoms with Crippen LogP contribution in [0.2, 0.25) is 0 Å². The third-order valence-corrected chi connectivity index (χ3v) is 5.18. The average Bonchev–Trinajstić information content (AvgIpc) is 3.34. The molecule has 2 aromatic carbocycles. The first-order valence-electron chi connectivity index (χ1n) is 8.18. The molecular weight excluding hydrogens is 346 g/mol. The van der Waals surface area contributed by atoms with Gasteiger partial charge in [0.25, 0.3) is 0 Å². The molecule has 0 saturated carbocycles. The first-order valence-corrected chi connectivity index (χ1v) is 9.00. The predicted molar refractivity (Wildman–Crippen MR) is 104 cm³/mol. The van der Waals surface area contributed by atoms with E-state index >= 15 is 0 Å². The van der Waals surface area contributed by atoms with Crippen LogP contribution in [0, 0.1) is 0 Å². The maximum atomic E-state index is 5.92. The molecule has 5 rings (SSSR count). The molecule has 0 atom stereocenters. The normalized spacial score (nSPS) is 11.5. The van der Waals surface area contributed by atoms with Gasteiger partial charge in [-0.05, 0) is 36.4 Å². The molecule has 0 bridgehead atoms. The van der Waals surface area contributed by atoms with Gasteiger partial charge in [0.15, 0.2) is 16.6 Å². The van der Waals surface area contributed by atoms with Gasteiger partial charge in [-0.15, -0.1) is 15.3 Å². The van der Waals surface area contributed by atoms with Gasteiger partial charge in [-0.1, -0.05) is 29.5 Å². The topological polar surface area (TPSA) is 59.5 Å². The van der Waals surface area contributed by atoms with Crippen molar-refractivity contribution >= 4 is 33.0 Å². The summed E-state index contributed by atoms with van der Waals surface area (Å²) in [6.07, 6.45) is 0. The third kappa shape index (κ3) is 2.36. The molecular formula is C19H15N5OS. The SMILES string of the molecule is CN(C)c1ccc(-c2nnc3sc(-c4cc5ccccc5o4)nn23)cc1. The van der Waals surface area contributed by atoms with Gasteiger partial charge in [0.2, 0.25) is 4.96 Å². The largest absolute Gasteiger partial charge is 0.453 e. The summed E-state index contributed by atoms with van der Waals surface area (Å²) >= 11 is 1.47. The number of rotatable bonds is 3. The molecule has 0 aliphatic carbocycles. The molecule has 0 N–H and O–H groups in total. The van der Waals surface area contributed by atoms with Crippen LogP contribution in [0.1, 0.15) is 0 Å². The summed E-state index contributed by atoms with van der Waals surface area (Å²) in [5, 5.41) is 15.1. The van der Waals surface area contributed by atoms with E-state index in [4.69, 9.17) is 4.42 Å². The molecule has 0 aliphatic rings. The van der Waals surface area contributed by atoms with Crippen molar-refractivity contribution in [2.45, 2.75) is 0 Å². The minimum atomic E-state index is 0.726. The molecule has 7 heteroatoms. The van der Waals surface area contributed by atoms with Crippen LogP contribution in [0.5, 0.6) is 0 Å². The monoisotopic (exact) mass is 361 g/mol. The summed E-state index contributed by atoms with van der Waals surface area (Å²) in [5.41, 5.74) is 2.97. The summed E-state index contributed by atoms with van der Waals surface area (Å²) in [7, 11) is 4.04. The van der Waals surface area contributed by atoms with Gasteiger partial charge in [-0.3, -0.25) is 0 Å². The van der Waals surface area contributed by atoms with E-state index in [0.29, 0.717) is 0 Å². The van der Waals surface area contributed by atoms with Crippen LogP contribution >= 0.6 is 11.3 Å². The Bertz CT molecular complexity index is 1180. The molecule has 128 valence electrons. The van der Waals surface area contributed by atoms with Gasteiger partial charge in [-0.2, -0.15) is 4.52 Å². The Hall–Kier alpha value is -3.19. The lowest BCUT2D eigenvalue weighted by Gasteiger charge is -2.11. The number of hydrogen-bond acceptors (Lipinski definition) is 6. The zero-order valence-corrected chi connectivity index (χ0v) is 15.1. The smallest absolute Gasteiger partial charge is 0.235 e. The minimum absolute atomic E-state index is 0.726. The maximum Gasteiger partial charge on any atom is 0.235 e. The highest BCUT2D eigenvalue weighted by Gasteiger charge is 2.17. The summed E-state index contributed by atoms with van der Waals surface area (Å²) in [6.45, 7) is 0. The van der Waals surface area contributed by atoms with E-state index in [-0.39, 0.29) is 0 Å². The highest BCUT2D eigenvalue weighted by molar-refractivity contribution is 7.19. The second kappa shape index (κ2) is 5.67.